The molecule has 1 aromatic carbocycles. The molecule has 1 heterocycles. The van der Waals surface area contributed by atoms with Crippen LogP contribution < -0.4 is 5.32 Å². The third kappa shape index (κ3) is 1.83. The predicted molar refractivity (Wildman–Crippen MR) is 57.6 cm³/mol. The van der Waals surface area contributed by atoms with Gasteiger partial charge in [-0.2, -0.15) is 0 Å². The first-order chi connectivity index (χ1) is 7.02. The Morgan fingerprint density at radius 3 is 2.80 bits per heavy atom. The smallest absolute Gasteiger partial charge is 0.265 e. The summed E-state index contributed by atoms with van der Waals surface area (Å²) >= 11 is 0. The zero-order valence-electron chi connectivity index (χ0n) is 8.98. The van der Waals surface area contributed by atoms with Crippen LogP contribution in [0.25, 0.3) is 0 Å². The second kappa shape index (κ2) is 3.47. The molecule has 0 saturated heterocycles. The summed E-state index contributed by atoms with van der Waals surface area (Å²) in [5.74, 6) is -2.66. The van der Waals surface area contributed by atoms with Crippen LogP contribution in [0, 0.1) is 0 Å². The summed E-state index contributed by atoms with van der Waals surface area (Å²) in [6.45, 7) is 3.01. The standard InChI is InChI=1S/C12H15F2N/c1-3-8-5-4-6-9-7-10(12(2,13)14)15-11(8)9/h4-6,10,15H,3,7H2,1-2H3. The van der Waals surface area contributed by atoms with Crippen LogP contribution in [0.1, 0.15) is 25.0 Å². The van der Waals surface area contributed by atoms with Crippen LogP contribution in [0.4, 0.5) is 14.5 Å². The molecule has 0 bridgehead atoms. The number of nitrogens with one attached hydrogen (secondary N) is 1. The second-order valence-corrected chi connectivity index (χ2v) is 4.16. The monoisotopic (exact) mass is 211 g/mol. The number of alkyl halides is 2. The van der Waals surface area contributed by atoms with E-state index in [1.165, 1.54) is 0 Å². The van der Waals surface area contributed by atoms with Gasteiger partial charge in [0.05, 0.1) is 6.04 Å². The Hall–Kier alpha value is -1.12. The normalized spacial score (nSPS) is 19.9. The molecule has 1 aromatic rings. The second-order valence-electron chi connectivity index (χ2n) is 4.16. The average molecular weight is 211 g/mol. The summed E-state index contributed by atoms with van der Waals surface area (Å²) in [5, 5.41) is 2.94. The number of para-hydroxylation sites is 1. The number of rotatable bonds is 2. The van der Waals surface area contributed by atoms with Gasteiger partial charge < -0.3 is 5.32 Å². The minimum absolute atomic E-state index is 0.423. The summed E-state index contributed by atoms with van der Waals surface area (Å²) in [7, 11) is 0. The van der Waals surface area contributed by atoms with E-state index in [4.69, 9.17) is 0 Å². The van der Waals surface area contributed by atoms with Crippen molar-refractivity contribution in [1.82, 2.24) is 0 Å². The number of benzene rings is 1. The van der Waals surface area contributed by atoms with Gasteiger partial charge in [0.25, 0.3) is 5.92 Å². The summed E-state index contributed by atoms with van der Waals surface area (Å²) in [6, 6.07) is 5.10. The van der Waals surface area contributed by atoms with Crippen LogP contribution in [0.3, 0.4) is 0 Å². The number of hydrogen-bond acceptors (Lipinski definition) is 1. The van der Waals surface area contributed by atoms with Crippen molar-refractivity contribution in [3.63, 3.8) is 0 Å². The van der Waals surface area contributed by atoms with E-state index in [0.29, 0.717) is 6.42 Å². The quantitative estimate of drug-likeness (QED) is 0.791. The van der Waals surface area contributed by atoms with E-state index < -0.39 is 12.0 Å². The van der Waals surface area contributed by atoms with Gasteiger partial charge in [0, 0.05) is 19.0 Å². The summed E-state index contributed by atoms with van der Waals surface area (Å²) in [4.78, 5) is 0. The lowest BCUT2D eigenvalue weighted by molar-refractivity contribution is 0.00370. The van der Waals surface area contributed by atoms with Crippen molar-refractivity contribution in [2.75, 3.05) is 5.32 Å². The summed E-state index contributed by atoms with van der Waals surface area (Å²) in [6.07, 6.45) is 1.30. The highest BCUT2D eigenvalue weighted by atomic mass is 19.3. The van der Waals surface area contributed by atoms with Crippen LogP contribution in [0.5, 0.6) is 0 Å². The van der Waals surface area contributed by atoms with Crippen LogP contribution >= 0.6 is 0 Å². The number of anilines is 1. The van der Waals surface area contributed by atoms with Gasteiger partial charge in [-0.1, -0.05) is 25.1 Å². The first-order valence-corrected chi connectivity index (χ1v) is 5.27. The maximum Gasteiger partial charge on any atom is 0.265 e. The van der Waals surface area contributed by atoms with Gasteiger partial charge in [-0.25, -0.2) is 8.78 Å². The highest BCUT2D eigenvalue weighted by molar-refractivity contribution is 5.62. The van der Waals surface area contributed by atoms with Gasteiger partial charge in [-0.05, 0) is 17.5 Å². The van der Waals surface area contributed by atoms with Gasteiger partial charge in [-0.15, -0.1) is 0 Å². The van der Waals surface area contributed by atoms with Crippen LogP contribution in [-0.4, -0.2) is 12.0 Å². The molecule has 1 atom stereocenters. The van der Waals surface area contributed by atoms with Crippen LogP contribution in [0.15, 0.2) is 18.2 Å². The minimum atomic E-state index is -2.66. The molecule has 1 aliphatic rings. The van der Waals surface area contributed by atoms with Gasteiger partial charge >= 0.3 is 0 Å². The molecule has 82 valence electrons. The molecular weight excluding hydrogens is 196 g/mol. The molecule has 1 N–H and O–H groups in total. The molecule has 0 amide bonds. The topological polar surface area (TPSA) is 12.0 Å². The average Bonchev–Trinajstić information content (AvgIpc) is 2.59. The van der Waals surface area contributed by atoms with Crippen molar-refractivity contribution in [2.45, 2.75) is 38.7 Å². The number of fused-ring (bicyclic) bond motifs is 1. The van der Waals surface area contributed by atoms with Crippen LogP contribution in [-0.2, 0) is 12.8 Å². The maximum absolute atomic E-state index is 13.2. The predicted octanol–water partition coefficient (Wildman–Crippen LogP) is 3.24. The Kier molecular flexibility index (Phi) is 2.41. The van der Waals surface area contributed by atoms with Gasteiger partial charge in [-0.3, -0.25) is 0 Å². The SMILES string of the molecule is CCc1cccc2c1NC(C(C)(F)F)C2. The molecule has 0 fully saturated rings. The first kappa shape index (κ1) is 10.4. The Morgan fingerprint density at radius 2 is 2.20 bits per heavy atom. The lowest BCUT2D eigenvalue weighted by Crippen LogP contribution is -2.35. The van der Waals surface area contributed by atoms with Gasteiger partial charge in [0.15, 0.2) is 0 Å². The zero-order chi connectivity index (χ0) is 11.1. The highest BCUT2D eigenvalue weighted by Crippen LogP contribution is 2.35. The molecule has 15 heavy (non-hydrogen) atoms. The molecule has 0 aliphatic carbocycles. The largest absolute Gasteiger partial charge is 0.376 e. The molecule has 0 radical (unpaired) electrons. The fraction of sp³-hybridized carbons (Fsp3) is 0.500. The third-order valence-electron chi connectivity index (χ3n) is 2.97. The maximum atomic E-state index is 13.2. The number of aryl methyl sites for hydroxylation is 1. The fourth-order valence-electron chi connectivity index (χ4n) is 2.05. The molecular formula is C12H15F2N. The fourth-order valence-corrected chi connectivity index (χ4v) is 2.05. The Labute approximate surface area is 88.5 Å². The van der Waals surface area contributed by atoms with Crippen LogP contribution in [0.2, 0.25) is 0 Å². The van der Waals surface area contributed by atoms with Crippen molar-refractivity contribution in [3.05, 3.63) is 29.3 Å². The molecule has 0 spiro atoms. The van der Waals surface area contributed by atoms with Crippen molar-refractivity contribution >= 4 is 5.69 Å². The molecule has 2 rings (SSSR count). The highest BCUT2D eigenvalue weighted by Gasteiger charge is 2.38. The van der Waals surface area contributed by atoms with E-state index in [0.717, 1.165) is 30.2 Å². The molecule has 0 saturated carbocycles. The number of halogens is 2. The Bertz CT molecular complexity index is 368. The first-order valence-electron chi connectivity index (χ1n) is 5.27. The molecule has 3 heteroatoms. The Balaban J connectivity index is 2.31. The molecule has 1 nitrogen and oxygen atoms in total. The molecule has 1 unspecified atom stereocenters. The summed E-state index contributed by atoms with van der Waals surface area (Å²) < 4.78 is 26.3. The van der Waals surface area contributed by atoms with Crippen molar-refractivity contribution < 1.29 is 8.78 Å². The van der Waals surface area contributed by atoms with E-state index in [1.54, 1.807) is 0 Å². The van der Waals surface area contributed by atoms with E-state index in [2.05, 4.69) is 5.32 Å². The number of hydrogen-bond donors (Lipinski definition) is 1. The minimum Gasteiger partial charge on any atom is -0.376 e. The van der Waals surface area contributed by atoms with E-state index in [9.17, 15) is 8.78 Å². The Morgan fingerprint density at radius 1 is 1.47 bits per heavy atom. The van der Waals surface area contributed by atoms with E-state index in [1.807, 2.05) is 25.1 Å². The molecule has 0 aromatic heterocycles. The third-order valence-corrected chi connectivity index (χ3v) is 2.97. The summed E-state index contributed by atoms with van der Waals surface area (Å²) in [5.41, 5.74) is 3.06. The van der Waals surface area contributed by atoms with Crippen molar-refractivity contribution in [1.29, 1.82) is 0 Å². The molecule has 1 aliphatic heterocycles. The lowest BCUT2D eigenvalue weighted by Gasteiger charge is -2.19. The van der Waals surface area contributed by atoms with E-state index >= 15 is 0 Å². The van der Waals surface area contributed by atoms with Crippen molar-refractivity contribution in [3.8, 4) is 0 Å². The van der Waals surface area contributed by atoms with Gasteiger partial charge in [0.1, 0.15) is 0 Å². The zero-order valence-corrected chi connectivity index (χ0v) is 8.98. The van der Waals surface area contributed by atoms with E-state index in [-0.39, 0.29) is 0 Å². The van der Waals surface area contributed by atoms with Gasteiger partial charge in [0.2, 0.25) is 0 Å². The van der Waals surface area contributed by atoms with Crippen molar-refractivity contribution in [2.24, 2.45) is 0 Å². The lowest BCUT2D eigenvalue weighted by atomic mass is 10.0.